The molecule has 2 fully saturated rings. The summed E-state index contributed by atoms with van der Waals surface area (Å²) in [4.78, 5) is 29.1. The molecule has 1 atom stereocenters. The molecular weight excluding hydrogens is 482 g/mol. The van der Waals surface area contributed by atoms with Crippen LogP contribution in [0.25, 0.3) is 0 Å². The average Bonchev–Trinajstić information content (AvgIpc) is 3.49. The number of carbonyl (C=O) groups excluding carboxylic acids is 2. The Bertz CT molecular complexity index is 1180. The summed E-state index contributed by atoms with van der Waals surface area (Å²) in [5, 5.41) is 3.23. The maximum Gasteiger partial charge on any atom is 0.249 e. The molecule has 2 amide bonds. The van der Waals surface area contributed by atoms with E-state index in [4.69, 9.17) is 0 Å². The Balaban J connectivity index is 1.25. The van der Waals surface area contributed by atoms with Crippen LogP contribution in [0.4, 0.5) is 8.78 Å². The molecule has 1 aromatic rings. The first-order chi connectivity index (χ1) is 18.4. The van der Waals surface area contributed by atoms with Gasteiger partial charge in [0.25, 0.3) is 0 Å². The van der Waals surface area contributed by atoms with E-state index in [1.54, 1.807) is 18.2 Å². The molecule has 202 valence electrons. The summed E-state index contributed by atoms with van der Waals surface area (Å²) in [5.74, 6) is 0.120. The zero-order chi connectivity index (χ0) is 26.7. The highest BCUT2D eigenvalue weighted by Gasteiger charge is 2.49. The van der Waals surface area contributed by atoms with E-state index in [9.17, 15) is 18.4 Å². The van der Waals surface area contributed by atoms with Gasteiger partial charge in [0.1, 0.15) is 11.6 Å². The minimum atomic E-state index is -0.466. The third-order valence-electron chi connectivity index (χ3n) is 9.18. The number of halogens is 2. The summed E-state index contributed by atoms with van der Waals surface area (Å²) < 4.78 is 26.7. The molecule has 0 spiro atoms. The zero-order valence-corrected chi connectivity index (χ0v) is 22.3. The van der Waals surface area contributed by atoms with E-state index in [0.717, 1.165) is 48.8 Å². The number of benzene rings is 1. The quantitative estimate of drug-likeness (QED) is 0.438. The number of nitrogens with one attached hydrogen (secondary N) is 1. The predicted molar refractivity (Wildman–Crippen MR) is 145 cm³/mol. The van der Waals surface area contributed by atoms with Gasteiger partial charge in [-0.25, -0.2) is 8.78 Å². The SMILES string of the molecule is C[C@H](NC(=O)C1(C2CCCC2)CCN(C(=O)C2=CC=C(C3=CC=C(F)CC3)CC2)CC1)c1ccc(F)cc1. The number of nitrogens with zero attached hydrogens (tertiary/aromatic N) is 1. The van der Waals surface area contributed by atoms with Crippen LogP contribution >= 0.6 is 0 Å². The smallest absolute Gasteiger partial charge is 0.249 e. The first-order valence-corrected chi connectivity index (χ1v) is 14.2. The summed E-state index contributed by atoms with van der Waals surface area (Å²) in [5.41, 5.74) is 3.59. The number of amides is 2. The summed E-state index contributed by atoms with van der Waals surface area (Å²) in [6.45, 7) is 3.10. The average molecular weight is 521 g/mol. The van der Waals surface area contributed by atoms with Crippen LogP contribution < -0.4 is 5.32 Å². The van der Waals surface area contributed by atoms with Crippen LogP contribution in [0.3, 0.4) is 0 Å². The largest absolute Gasteiger partial charge is 0.349 e. The molecule has 1 saturated heterocycles. The van der Waals surface area contributed by atoms with Crippen LogP contribution in [0.5, 0.6) is 0 Å². The highest BCUT2D eigenvalue weighted by Crippen LogP contribution is 2.47. The standard InChI is InChI=1S/C32H38F2N2O2/c1-22(23-10-14-28(33)15-11-23)35-31(38)32(27-4-2-3-5-27)18-20-36(21-19-32)30(37)26-8-6-24(7-9-26)25-12-16-29(34)17-13-25/h6,8,10-12,14-16,22,27H,2-5,7,9,13,17-21H2,1H3,(H,35,38)/t22-/m0/s1. The molecule has 6 heteroatoms. The second-order valence-electron chi connectivity index (χ2n) is 11.4. The molecule has 0 radical (unpaired) electrons. The Morgan fingerprint density at radius 3 is 2.11 bits per heavy atom. The van der Waals surface area contributed by atoms with E-state index < -0.39 is 5.41 Å². The van der Waals surface area contributed by atoms with Gasteiger partial charge in [-0.1, -0.05) is 43.2 Å². The van der Waals surface area contributed by atoms with Crippen molar-refractivity contribution in [3.05, 3.63) is 82.5 Å². The molecule has 1 aromatic carbocycles. The van der Waals surface area contributed by atoms with E-state index in [2.05, 4.69) is 5.32 Å². The van der Waals surface area contributed by atoms with Crippen LogP contribution in [0, 0.1) is 17.2 Å². The van der Waals surface area contributed by atoms with Crippen molar-refractivity contribution in [2.75, 3.05) is 13.1 Å². The van der Waals surface area contributed by atoms with Crippen LogP contribution in [0.2, 0.25) is 0 Å². The summed E-state index contributed by atoms with van der Waals surface area (Å²) in [6, 6.07) is 6.09. The van der Waals surface area contributed by atoms with Crippen molar-refractivity contribution in [2.24, 2.45) is 11.3 Å². The van der Waals surface area contributed by atoms with Crippen molar-refractivity contribution < 1.29 is 18.4 Å². The Morgan fingerprint density at radius 2 is 1.53 bits per heavy atom. The van der Waals surface area contributed by atoms with Gasteiger partial charge in [-0.3, -0.25) is 9.59 Å². The minimum absolute atomic E-state index is 0.0731. The molecule has 1 N–H and O–H groups in total. The molecule has 0 unspecified atom stereocenters. The molecule has 4 nitrogen and oxygen atoms in total. The molecule has 0 aromatic heterocycles. The monoisotopic (exact) mass is 520 g/mol. The van der Waals surface area contributed by atoms with Crippen LogP contribution in [-0.4, -0.2) is 29.8 Å². The molecule has 3 aliphatic carbocycles. The number of rotatable bonds is 6. The van der Waals surface area contributed by atoms with Crippen LogP contribution in [0.1, 0.15) is 82.7 Å². The summed E-state index contributed by atoms with van der Waals surface area (Å²) >= 11 is 0. The summed E-state index contributed by atoms with van der Waals surface area (Å²) in [7, 11) is 0. The lowest BCUT2D eigenvalue weighted by Gasteiger charge is -2.45. The molecular formula is C32H38F2N2O2. The summed E-state index contributed by atoms with van der Waals surface area (Å²) in [6.07, 6.45) is 15.8. The number of likely N-dealkylation sites (tertiary alicyclic amines) is 1. The lowest BCUT2D eigenvalue weighted by Crippen LogP contribution is -2.53. The fraction of sp³-hybridized carbons (Fsp3) is 0.500. The number of carbonyl (C=O) groups is 2. The van der Waals surface area contributed by atoms with Crippen LogP contribution in [-0.2, 0) is 9.59 Å². The molecule has 38 heavy (non-hydrogen) atoms. The first-order valence-electron chi connectivity index (χ1n) is 14.2. The van der Waals surface area contributed by atoms with Gasteiger partial charge >= 0.3 is 0 Å². The van der Waals surface area contributed by atoms with Gasteiger partial charge in [-0.2, -0.15) is 0 Å². The minimum Gasteiger partial charge on any atom is -0.349 e. The van der Waals surface area contributed by atoms with Gasteiger partial charge in [0.15, 0.2) is 0 Å². The maximum atomic E-state index is 13.8. The topological polar surface area (TPSA) is 49.4 Å². The van der Waals surface area contributed by atoms with Crippen molar-refractivity contribution in [3.8, 4) is 0 Å². The molecule has 1 heterocycles. The van der Waals surface area contributed by atoms with Gasteiger partial charge < -0.3 is 10.2 Å². The number of allylic oxidation sites excluding steroid dienone is 7. The molecule has 4 aliphatic rings. The second-order valence-corrected chi connectivity index (χ2v) is 11.4. The predicted octanol–water partition coefficient (Wildman–Crippen LogP) is 7.02. The second kappa shape index (κ2) is 11.4. The van der Waals surface area contributed by atoms with E-state index in [1.165, 1.54) is 17.7 Å². The van der Waals surface area contributed by atoms with E-state index in [-0.39, 0.29) is 29.5 Å². The lowest BCUT2D eigenvalue weighted by atomic mass is 9.67. The lowest BCUT2D eigenvalue weighted by molar-refractivity contribution is -0.143. The third-order valence-corrected chi connectivity index (χ3v) is 9.18. The normalized spacial score (nSPS) is 22.7. The van der Waals surface area contributed by atoms with Crippen LogP contribution in [0.15, 0.2) is 71.1 Å². The maximum absolute atomic E-state index is 13.8. The number of hydrogen-bond donors (Lipinski definition) is 1. The van der Waals surface area contributed by atoms with Gasteiger partial charge in [-0.05, 0) is 92.7 Å². The fourth-order valence-corrected chi connectivity index (χ4v) is 6.75. The molecule has 1 saturated carbocycles. The number of piperidine rings is 1. The molecule has 5 rings (SSSR count). The van der Waals surface area contributed by atoms with E-state index >= 15 is 0 Å². The van der Waals surface area contributed by atoms with Crippen molar-refractivity contribution >= 4 is 11.8 Å². The molecule has 1 aliphatic heterocycles. The Labute approximate surface area is 224 Å². The van der Waals surface area contributed by atoms with Gasteiger partial charge in [0.2, 0.25) is 11.8 Å². The van der Waals surface area contributed by atoms with Crippen molar-refractivity contribution in [2.45, 2.75) is 77.2 Å². The van der Waals surface area contributed by atoms with Crippen molar-refractivity contribution in [3.63, 3.8) is 0 Å². The van der Waals surface area contributed by atoms with Gasteiger partial charge in [0, 0.05) is 25.1 Å². The van der Waals surface area contributed by atoms with Gasteiger partial charge in [0.05, 0.1) is 11.5 Å². The zero-order valence-electron chi connectivity index (χ0n) is 22.3. The Morgan fingerprint density at radius 1 is 0.895 bits per heavy atom. The molecule has 0 bridgehead atoms. The van der Waals surface area contributed by atoms with Gasteiger partial charge in [-0.15, -0.1) is 0 Å². The number of hydrogen-bond acceptors (Lipinski definition) is 2. The Hall–Kier alpha value is -3.02. The first kappa shape index (κ1) is 26.6. The Kier molecular flexibility index (Phi) is 7.96. The van der Waals surface area contributed by atoms with E-state index in [0.29, 0.717) is 51.1 Å². The van der Waals surface area contributed by atoms with Crippen molar-refractivity contribution in [1.82, 2.24) is 10.2 Å². The highest BCUT2D eigenvalue weighted by molar-refractivity contribution is 5.94. The highest BCUT2D eigenvalue weighted by atomic mass is 19.1. The third kappa shape index (κ3) is 5.55. The fourth-order valence-electron chi connectivity index (χ4n) is 6.75. The van der Waals surface area contributed by atoms with Crippen molar-refractivity contribution in [1.29, 1.82) is 0 Å². The van der Waals surface area contributed by atoms with E-state index in [1.807, 2.05) is 30.1 Å².